The molecule has 0 fully saturated rings. The summed E-state index contributed by atoms with van der Waals surface area (Å²) in [7, 11) is 0. The van der Waals surface area contributed by atoms with Crippen molar-refractivity contribution in [2.45, 2.75) is 6.18 Å². The van der Waals surface area contributed by atoms with Gasteiger partial charge in [-0.25, -0.2) is 0 Å². The fraction of sp³-hybridized carbons (Fsp3) is 0.143. The van der Waals surface area contributed by atoms with Gasteiger partial charge in [0, 0.05) is 0 Å². The molecule has 14 heavy (non-hydrogen) atoms. The summed E-state index contributed by atoms with van der Waals surface area (Å²) < 4.78 is 36.5. The molecule has 1 aromatic carbocycles. The van der Waals surface area contributed by atoms with Crippen molar-refractivity contribution in [1.82, 2.24) is 0 Å². The van der Waals surface area contributed by atoms with E-state index in [1.165, 1.54) is 0 Å². The minimum atomic E-state index is -4.50. The van der Waals surface area contributed by atoms with Crippen LogP contribution in [-0.2, 0) is 6.18 Å². The minimum absolute atomic E-state index is 0. The Balaban J connectivity index is 0.00000169. The van der Waals surface area contributed by atoms with Crippen LogP contribution in [0.3, 0.4) is 0 Å². The maximum atomic E-state index is 12.2. The molecule has 0 aliphatic carbocycles. The summed E-state index contributed by atoms with van der Waals surface area (Å²) in [4.78, 5) is 0. The zero-order chi connectivity index (χ0) is 10.2. The lowest BCUT2D eigenvalue weighted by Crippen LogP contribution is -2.06. The van der Waals surface area contributed by atoms with Crippen LogP contribution in [-0.4, -0.2) is 0 Å². The Hall–Kier alpha value is -0.320. The molecular formula is C7H5Cl3F3N. The lowest BCUT2D eigenvalue weighted by atomic mass is 10.2. The summed E-state index contributed by atoms with van der Waals surface area (Å²) in [6, 6.07) is 1.69. The topological polar surface area (TPSA) is 26.0 Å². The van der Waals surface area contributed by atoms with Gasteiger partial charge in [-0.05, 0) is 12.1 Å². The summed E-state index contributed by atoms with van der Waals surface area (Å²) >= 11 is 10.8. The third kappa shape index (κ3) is 2.83. The Morgan fingerprint density at radius 1 is 1.07 bits per heavy atom. The smallest absolute Gasteiger partial charge is 0.398 e. The summed E-state index contributed by atoms with van der Waals surface area (Å²) in [5.41, 5.74) is 4.08. The predicted octanol–water partition coefficient (Wildman–Crippen LogP) is 4.02. The molecule has 0 bridgehead atoms. The van der Waals surface area contributed by atoms with Crippen molar-refractivity contribution in [3.63, 3.8) is 0 Å². The molecule has 7 heteroatoms. The fourth-order valence-electron chi connectivity index (χ4n) is 0.783. The molecule has 80 valence electrons. The van der Waals surface area contributed by atoms with Crippen LogP contribution in [0.15, 0.2) is 12.1 Å². The van der Waals surface area contributed by atoms with Crippen LogP contribution in [0.25, 0.3) is 0 Å². The largest absolute Gasteiger partial charge is 0.417 e. The highest BCUT2D eigenvalue weighted by Crippen LogP contribution is 2.38. The highest BCUT2D eigenvalue weighted by atomic mass is 35.5. The molecule has 0 radical (unpaired) electrons. The molecule has 0 aliphatic heterocycles. The molecule has 1 nitrogen and oxygen atoms in total. The number of hydrogen-bond donors (Lipinski definition) is 1. The van der Waals surface area contributed by atoms with Crippen LogP contribution < -0.4 is 5.73 Å². The molecule has 0 spiro atoms. The molecule has 0 unspecified atom stereocenters. The summed E-state index contributed by atoms with van der Waals surface area (Å²) in [5.74, 6) is 0. The number of benzene rings is 1. The van der Waals surface area contributed by atoms with Gasteiger partial charge in [0.2, 0.25) is 0 Å². The maximum absolute atomic E-state index is 12.2. The van der Waals surface area contributed by atoms with Crippen molar-refractivity contribution < 1.29 is 13.2 Å². The predicted molar refractivity (Wildman–Crippen MR) is 53.1 cm³/mol. The number of nitrogens with two attached hydrogens (primary N) is 1. The van der Waals surface area contributed by atoms with Crippen LogP contribution in [0, 0.1) is 0 Å². The number of halogens is 6. The fourth-order valence-corrected chi connectivity index (χ4v) is 1.27. The van der Waals surface area contributed by atoms with E-state index < -0.39 is 16.8 Å². The average Bonchev–Trinajstić information content (AvgIpc) is 1.94. The van der Waals surface area contributed by atoms with E-state index >= 15 is 0 Å². The van der Waals surface area contributed by atoms with Gasteiger partial charge in [0.05, 0.1) is 21.3 Å². The van der Waals surface area contributed by atoms with Crippen LogP contribution in [0.1, 0.15) is 5.56 Å². The van der Waals surface area contributed by atoms with Gasteiger partial charge in [0.25, 0.3) is 0 Å². The van der Waals surface area contributed by atoms with Crippen LogP contribution in [0.2, 0.25) is 10.0 Å². The van der Waals surface area contributed by atoms with Crippen molar-refractivity contribution in [2.24, 2.45) is 0 Å². The molecule has 0 atom stereocenters. The van der Waals surface area contributed by atoms with E-state index in [-0.39, 0.29) is 23.1 Å². The third-order valence-corrected chi connectivity index (χ3v) is 2.03. The molecular weight excluding hydrogens is 261 g/mol. The van der Waals surface area contributed by atoms with E-state index in [4.69, 9.17) is 28.9 Å². The van der Waals surface area contributed by atoms with Crippen LogP contribution in [0.4, 0.5) is 18.9 Å². The Labute approximate surface area is 94.4 Å². The molecule has 0 aliphatic rings. The monoisotopic (exact) mass is 265 g/mol. The highest BCUT2D eigenvalue weighted by Gasteiger charge is 2.33. The lowest BCUT2D eigenvalue weighted by molar-refractivity contribution is -0.137. The Bertz CT molecular complexity index is 338. The van der Waals surface area contributed by atoms with E-state index in [2.05, 4.69) is 0 Å². The SMILES string of the molecule is Cl.Nc1cc(C(F)(F)F)c(Cl)cc1Cl. The van der Waals surface area contributed by atoms with Crippen molar-refractivity contribution in [2.75, 3.05) is 5.73 Å². The molecule has 0 amide bonds. The first kappa shape index (κ1) is 13.7. The van der Waals surface area contributed by atoms with Crippen molar-refractivity contribution >= 4 is 41.3 Å². The van der Waals surface area contributed by atoms with Gasteiger partial charge in [0.1, 0.15) is 0 Å². The summed E-state index contributed by atoms with van der Waals surface area (Å²) in [5, 5.41) is -0.440. The molecule has 2 N–H and O–H groups in total. The quantitative estimate of drug-likeness (QED) is 0.705. The average molecular weight is 266 g/mol. The van der Waals surface area contributed by atoms with Gasteiger partial charge < -0.3 is 5.73 Å². The van der Waals surface area contributed by atoms with Gasteiger partial charge in [-0.3, -0.25) is 0 Å². The van der Waals surface area contributed by atoms with Crippen molar-refractivity contribution in [3.05, 3.63) is 27.7 Å². The summed E-state index contributed by atoms with van der Waals surface area (Å²) in [6.45, 7) is 0. The molecule has 1 aromatic rings. The van der Waals surface area contributed by atoms with E-state index in [1.54, 1.807) is 0 Å². The molecule has 0 heterocycles. The first-order chi connectivity index (χ1) is 5.82. The normalized spacial score (nSPS) is 10.9. The number of anilines is 1. The Morgan fingerprint density at radius 3 is 2.00 bits per heavy atom. The molecule has 0 saturated heterocycles. The Kier molecular flexibility index (Phi) is 4.36. The minimum Gasteiger partial charge on any atom is -0.398 e. The summed E-state index contributed by atoms with van der Waals surface area (Å²) in [6.07, 6.45) is -4.50. The lowest BCUT2D eigenvalue weighted by Gasteiger charge is -2.10. The van der Waals surface area contributed by atoms with Crippen LogP contribution in [0.5, 0.6) is 0 Å². The van der Waals surface area contributed by atoms with Crippen molar-refractivity contribution in [3.8, 4) is 0 Å². The Morgan fingerprint density at radius 2 is 1.57 bits per heavy atom. The number of hydrogen-bond acceptors (Lipinski definition) is 1. The van der Waals surface area contributed by atoms with E-state index in [0.717, 1.165) is 6.07 Å². The second-order valence-electron chi connectivity index (χ2n) is 2.35. The maximum Gasteiger partial charge on any atom is 0.417 e. The number of rotatable bonds is 0. The van der Waals surface area contributed by atoms with Gasteiger partial charge in [0.15, 0.2) is 0 Å². The first-order valence-corrected chi connectivity index (χ1v) is 3.89. The van der Waals surface area contributed by atoms with E-state index in [9.17, 15) is 13.2 Å². The standard InChI is InChI=1S/C7H4Cl2F3N.ClH/c8-4-2-5(9)6(13)1-3(4)7(10,11)12;/h1-2H,13H2;1H. The molecule has 1 rings (SSSR count). The van der Waals surface area contributed by atoms with Gasteiger partial charge >= 0.3 is 6.18 Å². The first-order valence-electron chi connectivity index (χ1n) is 3.14. The third-order valence-electron chi connectivity index (χ3n) is 1.39. The van der Waals surface area contributed by atoms with Gasteiger partial charge in [-0.2, -0.15) is 13.2 Å². The molecule has 0 saturated carbocycles. The molecule has 0 aromatic heterocycles. The van der Waals surface area contributed by atoms with Crippen molar-refractivity contribution in [1.29, 1.82) is 0 Å². The zero-order valence-electron chi connectivity index (χ0n) is 6.53. The van der Waals surface area contributed by atoms with Gasteiger partial charge in [-0.1, -0.05) is 23.2 Å². The van der Waals surface area contributed by atoms with E-state index in [0.29, 0.717) is 6.07 Å². The number of alkyl halides is 3. The second kappa shape index (κ2) is 4.47. The zero-order valence-corrected chi connectivity index (χ0v) is 8.86. The number of nitrogen functional groups attached to an aromatic ring is 1. The van der Waals surface area contributed by atoms with E-state index in [1.807, 2.05) is 0 Å². The highest BCUT2D eigenvalue weighted by molar-refractivity contribution is 6.36. The second-order valence-corrected chi connectivity index (χ2v) is 3.17. The van der Waals surface area contributed by atoms with Gasteiger partial charge in [-0.15, -0.1) is 12.4 Å². The van der Waals surface area contributed by atoms with Crippen LogP contribution >= 0.6 is 35.6 Å².